The van der Waals surface area contributed by atoms with Crippen molar-refractivity contribution in [3.05, 3.63) is 34.6 Å². The number of carbonyl (C=O) groups is 1. The number of carboxylic acid groups (broad SMARTS) is 1. The first-order chi connectivity index (χ1) is 6.18. The van der Waals surface area contributed by atoms with E-state index >= 15 is 0 Å². The molecule has 2 aromatic heterocycles. The van der Waals surface area contributed by atoms with Crippen LogP contribution < -0.4 is 5.56 Å². The summed E-state index contributed by atoms with van der Waals surface area (Å²) in [5.74, 6) is -1.15. The van der Waals surface area contributed by atoms with Gasteiger partial charge >= 0.3 is 5.97 Å². The molecule has 0 saturated heterocycles. The van der Waals surface area contributed by atoms with Gasteiger partial charge < -0.3 is 14.5 Å². The third-order valence-corrected chi connectivity index (χ3v) is 1.60. The molecule has 0 aliphatic rings. The number of nitrogens with one attached hydrogen (secondary N) is 1. The molecule has 0 spiro atoms. The maximum absolute atomic E-state index is 11.1. The fourth-order valence-corrected chi connectivity index (χ4v) is 1.04. The zero-order valence-corrected chi connectivity index (χ0v) is 6.39. The van der Waals surface area contributed by atoms with Gasteiger partial charge in [0.2, 0.25) is 5.65 Å². The third kappa shape index (κ3) is 1.08. The molecule has 0 saturated carbocycles. The Balaban J connectivity index is 2.83. The largest absolute Gasteiger partial charge is 0.476 e. The van der Waals surface area contributed by atoms with Crippen molar-refractivity contribution in [1.82, 2.24) is 14.4 Å². The molecule has 0 unspecified atom stereocenters. The number of nitrogens with zero attached hydrogens (tertiary/aromatic N) is 2. The number of imidazole rings is 1. The van der Waals surface area contributed by atoms with Gasteiger partial charge in [0.15, 0.2) is 5.69 Å². The molecule has 6 heteroatoms. The number of rotatable bonds is 1. The van der Waals surface area contributed by atoms with Crippen LogP contribution in [-0.4, -0.2) is 25.4 Å². The van der Waals surface area contributed by atoms with Crippen LogP contribution in [0.2, 0.25) is 0 Å². The first-order valence-electron chi connectivity index (χ1n) is 3.48. The molecular weight excluding hydrogens is 174 g/mol. The average Bonchev–Trinajstić information content (AvgIpc) is 2.49. The van der Waals surface area contributed by atoms with Crippen LogP contribution in [0, 0.1) is 0 Å². The predicted octanol–water partition coefficient (Wildman–Crippen LogP) is -0.279. The van der Waals surface area contributed by atoms with Crippen molar-refractivity contribution >= 4 is 11.6 Å². The van der Waals surface area contributed by atoms with Crippen molar-refractivity contribution in [1.29, 1.82) is 0 Å². The first-order valence-corrected chi connectivity index (χ1v) is 3.48. The number of aromatic carboxylic acids is 1. The minimum atomic E-state index is -1.15. The van der Waals surface area contributed by atoms with Crippen LogP contribution in [-0.2, 0) is 0 Å². The van der Waals surface area contributed by atoms with Crippen LogP contribution in [0.4, 0.5) is 0 Å². The maximum Gasteiger partial charge on any atom is 0.356 e. The summed E-state index contributed by atoms with van der Waals surface area (Å²) in [6.45, 7) is 0. The summed E-state index contributed by atoms with van der Waals surface area (Å²) in [6, 6.07) is 0. The Hall–Kier alpha value is -2.11. The Morgan fingerprint density at radius 3 is 3.00 bits per heavy atom. The topological polar surface area (TPSA) is 87.5 Å². The first kappa shape index (κ1) is 7.53. The molecule has 0 fully saturated rings. The smallest absolute Gasteiger partial charge is 0.356 e. The summed E-state index contributed by atoms with van der Waals surface area (Å²) >= 11 is 0. The van der Waals surface area contributed by atoms with E-state index < -0.39 is 11.5 Å². The Kier molecular flexibility index (Phi) is 1.42. The van der Waals surface area contributed by atoms with Crippen LogP contribution in [0.25, 0.3) is 5.65 Å². The van der Waals surface area contributed by atoms with Crippen molar-refractivity contribution < 1.29 is 9.90 Å². The zero-order valence-electron chi connectivity index (χ0n) is 6.39. The summed E-state index contributed by atoms with van der Waals surface area (Å²) in [6.07, 6.45) is 4.23. The lowest BCUT2D eigenvalue weighted by molar-refractivity contribution is 0.0691. The molecule has 0 aliphatic heterocycles. The van der Waals surface area contributed by atoms with Gasteiger partial charge in [0.1, 0.15) is 0 Å². The highest BCUT2D eigenvalue weighted by atomic mass is 16.4. The van der Waals surface area contributed by atoms with Gasteiger partial charge in [-0.25, -0.2) is 9.78 Å². The lowest BCUT2D eigenvalue weighted by atomic mass is 10.5. The van der Waals surface area contributed by atoms with Gasteiger partial charge in [0.05, 0.1) is 0 Å². The monoisotopic (exact) mass is 179 g/mol. The van der Waals surface area contributed by atoms with E-state index in [1.54, 1.807) is 0 Å². The normalized spacial score (nSPS) is 10.5. The fourth-order valence-electron chi connectivity index (χ4n) is 1.04. The van der Waals surface area contributed by atoms with Crippen LogP contribution in [0.15, 0.2) is 23.4 Å². The van der Waals surface area contributed by atoms with Crippen LogP contribution >= 0.6 is 0 Å². The highest BCUT2D eigenvalue weighted by Gasteiger charge is 2.09. The average molecular weight is 179 g/mol. The summed E-state index contributed by atoms with van der Waals surface area (Å²) < 4.78 is 1.36. The quantitative estimate of drug-likeness (QED) is 0.630. The predicted molar refractivity (Wildman–Crippen MR) is 42.8 cm³/mol. The molecule has 2 heterocycles. The molecule has 0 bridgehead atoms. The number of hydrogen-bond donors (Lipinski definition) is 2. The Labute approximate surface area is 71.5 Å². The van der Waals surface area contributed by atoms with Crippen LogP contribution in [0.5, 0.6) is 0 Å². The number of aromatic nitrogens is 3. The van der Waals surface area contributed by atoms with Crippen LogP contribution in [0.3, 0.4) is 0 Å². The lowest BCUT2D eigenvalue weighted by Gasteiger charge is -1.86. The van der Waals surface area contributed by atoms with Crippen molar-refractivity contribution in [3.63, 3.8) is 0 Å². The van der Waals surface area contributed by atoms with Gasteiger partial charge in [-0.2, -0.15) is 0 Å². The summed E-state index contributed by atoms with van der Waals surface area (Å²) in [4.78, 5) is 27.6. The number of fused-ring (bicyclic) bond motifs is 1. The van der Waals surface area contributed by atoms with E-state index in [9.17, 15) is 9.59 Å². The Morgan fingerprint density at radius 1 is 1.62 bits per heavy atom. The molecule has 0 radical (unpaired) electrons. The minimum Gasteiger partial charge on any atom is -0.476 e. The second-order valence-electron chi connectivity index (χ2n) is 2.45. The number of aromatic amines is 1. The SMILES string of the molecule is O=C(O)c1cn2cc[nH]c(=O)c2n1. The highest BCUT2D eigenvalue weighted by molar-refractivity contribution is 5.85. The third-order valence-electron chi connectivity index (χ3n) is 1.60. The Bertz CT molecular complexity index is 525. The molecule has 0 aliphatic carbocycles. The molecule has 6 nitrogen and oxygen atoms in total. The molecule has 13 heavy (non-hydrogen) atoms. The van der Waals surface area contributed by atoms with E-state index in [-0.39, 0.29) is 11.3 Å². The van der Waals surface area contributed by atoms with Crippen molar-refractivity contribution in [3.8, 4) is 0 Å². The lowest BCUT2D eigenvalue weighted by Crippen LogP contribution is -2.08. The van der Waals surface area contributed by atoms with E-state index in [0.29, 0.717) is 0 Å². The molecule has 2 N–H and O–H groups in total. The van der Waals surface area contributed by atoms with Gasteiger partial charge in [-0.15, -0.1) is 0 Å². The number of H-pyrrole nitrogens is 1. The van der Waals surface area contributed by atoms with E-state index in [2.05, 4.69) is 9.97 Å². The standard InChI is InChI=1S/C7H5N3O3/c11-6-5-9-4(7(12)13)3-10(5)2-1-8-6/h1-3H,(H,8,11)(H,12,13). The fraction of sp³-hybridized carbons (Fsp3) is 0. The van der Waals surface area contributed by atoms with E-state index in [0.717, 1.165) is 0 Å². The van der Waals surface area contributed by atoms with Crippen LogP contribution in [0.1, 0.15) is 10.5 Å². The van der Waals surface area contributed by atoms with Crippen molar-refractivity contribution in [2.75, 3.05) is 0 Å². The molecule has 0 aromatic carbocycles. The summed E-state index contributed by atoms with van der Waals surface area (Å²) in [7, 11) is 0. The number of carboxylic acids is 1. The van der Waals surface area contributed by atoms with Gasteiger partial charge in [-0.05, 0) is 0 Å². The van der Waals surface area contributed by atoms with Crippen molar-refractivity contribution in [2.24, 2.45) is 0 Å². The van der Waals surface area contributed by atoms with E-state index in [4.69, 9.17) is 5.11 Å². The molecule has 66 valence electrons. The maximum atomic E-state index is 11.1. The second-order valence-corrected chi connectivity index (χ2v) is 2.45. The molecule has 0 amide bonds. The zero-order chi connectivity index (χ0) is 9.42. The van der Waals surface area contributed by atoms with Crippen molar-refractivity contribution in [2.45, 2.75) is 0 Å². The molecule has 2 aromatic rings. The second kappa shape index (κ2) is 2.44. The van der Waals surface area contributed by atoms with Gasteiger partial charge in [-0.3, -0.25) is 4.79 Å². The van der Waals surface area contributed by atoms with E-state index in [1.807, 2.05) is 0 Å². The Morgan fingerprint density at radius 2 is 2.38 bits per heavy atom. The minimum absolute atomic E-state index is 0.0832. The van der Waals surface area contributed by atoms with Gasteiger partial charge in [0.25, 0.3) is 5.56 Å². The molecule has 2 rings (SSSR count). The van der Waals surface area contributed by atoms with E-state index in [1.165, 1.54) is 23.0 Å². The summed E-state index contributed by atoms with van der Waals surface area (Å²) in [5.41, 5.74) is -0.466. The summed E-state index contributed by atoms with van der Waals surface area (Å²) in [5, 5.41) is 8.59. The molecule has 0 atom stereocenters. The molecular formula is C7H5N3O3. The number of hydrogen-bond acceptors (Lipinski definition) is 3. The van der Waals surface area contributed by atoms with Gasteiger partial charge in [-0.1, -0.05) is 0 Å². The van der Waals surface area contributed by atoms with Gasteiger partial charge in [0, 0.05) is 18.6 Å². The highest BCUT2D eigenvalue weighted by Crippen LogP contribution is 1.98.